The van der Waals surface area contributed by atoms with Gasteiger partial charge in [-0.2, -0.15) is 0 Å². The number of rotatable bonds is 11. The summed E-state index contributed by atoms with van der Waals surface area (Å²) in [5.74, 6) is 1.54. The molecular weight excluding hydrogens is 346 g/mol. The fourth-order valence-electron chi connectivity index (χ4n) is 5.32. The molecule has 5 atom stereocenters. The van der Waals surface area contributed by atoms with Crippen LogP contribution in [-0.4, -0.2) is 48.0 Å². The Balaban J connectivity index is 1.40. The van der Waals surface area contributed by atoms with E-state index in [2.05, 4.69) is 37.2 Å². The fourth-order valence-corrected chi connectivity index (χ4v) is 5.32. The van der Waals surface area contributed by atoms with Crippen LogP contribution in [0.25, 0.3) is 0 Å². The second-order valence-corrected chi connectivity index (χ2v) is 9.36. The molecule has 2 aliphatic rings. The van der Waals surface area contributed by atoms with Crippen LogP contribution in [0.15, 0.2) is 42.0 Å². The van der Waals surface area contributed by atoms with Gasteiger partial charge in [0.15, 0.2) is 0 Å². The molecule has 0 amide bonds. The maximum atomic E-state index is 10.6. The highest BCUT2D eigenvalue weighted by atomic mass is 16.3. The minimum atomic E-state index is -0.306. The number of aliphatic hydroxyl groups is 2. The Hall–Kier alpha value is -1.16. The van der Waals surface area contributed by atoms with Gasteiger partial charge >= 0.3 is 0 Å². The van der Waals surface area contributed by atoms with E-state index in [9.17, 15) is 10.2 Å². The average molecular weight is 386 g/mol. The summed E-state index contributed by atoms with van der Waals surface area (Å²) in [5, 5.41) is 21.0. The van der Waals surface area contributed by atoms with E-state index in [1.807, 2.05) is 18.2 Å². The van der Waals surface area contributed by atoms with Gasteiger partial charge in [-0.25, -0.2) is 0 Å². The molecule has 0 saturated heterocycles. The molecule has 3 nitrogen and oxygen atoms in total. The Kier molecular flexibility index (Phi) is 8.13. The summed E-state index contributed by atoms with van der Waals surface area (Å²) in [7, 11) is 4.28. The zero-order chi connectivity index (χ0) is 19.9. The zero-order valence-corrected chi connectivity index (χ0v) is 17.8. The van der Waals surface area contributed by atoms with Crippen LogP contribution in [0.4, 0.5) is 0 Å². The Morgan fingerprint density at radius 1 is 1.11 bits per heavy atom. The van der Waals surface area contributed by atoms with Gasteiger partial charge < -0.3 is 15.1 Å². The number of unbranched alkanes of at least 4 members (excludes halogenated alkanes) is 2. The van der Waals surface area contributed by atoms with E-state index in [0.29, 0.717) is 24.2 Å². The molecule has 0 unspecified atom stereocenters. The van der Waals surface area contributed by atoms with Crippen molar-refractivity contribution in [3.63, 3.8) is 0 Å². The van der Waals surface area contributed by atoms with Crippen molar-refractivity contribution in [2.24, 2.45) is 17.8 Å². The van der Waals surface area contributed by atoms with Crippen molar-refractivity contribution >= 4 is 0 Å². The molecule has 3 heteroatoms. The number of fused-ring (bicyclic) bond motifs is 1. The number of hydrogen-bond donors (Lipinski definition) is 2. The van der Waals surface area contributed by atoms with E-state index in [1.54, 1.807) is 5.57 Å². The van der Waals surface area contributed by atoms with Gasteiger partial charge in [0.25, 0.3) is 0 Å². The van der Waals surface area contributed by atoms with Crippen LogP contribution < -0.4 is 0 Å². The third kappa shape index (κ3) is 6.17. The highest BCUT2D eigenvalue weighted by Crippen LogP contribution is 2.49. The molecule has 2 aliphatic carbocycles. The van der Waals surface area contributed by atoms with Crippen LogP contribution in [0, 0.1) is 17.8 Å². The highest BCUT2D eigenvalue weighted by Gasteiger charge is 2.44. The summed E-state index contributed by atoms with van der Waals surface area (Å²) in [5.41, 5.74) is 2.82. The molecule has 0 spiro atoms. The topological polar surface area (TPSA) is 43.7 Å². The Labute approximate surface area is 171 Å². The van der Waals surface area contributed by atoms with Crippen LogP contribution in [0.2, 0.25) is 0 Å². The smallest absolute Gasteiger partial charge is 0.0580 e. The van der Waals surface area contributed by atoms with E-state index in [4.69, 9.17) is 0 Å². The number of benzene rings is 1. The summed E-state index contributed by atoms with van der Waals surface area (Å²) >= 11 is 0. The molecule has 28 heavy (non-hydrogen) atoms. The lowest BCUT2D eigenvalue weighted by atomic mass is 9.85. The number of aliphatic hydroxyl groups excluding tert-OH is 2. The lowest BCUT2D eigenvalue weighted by Crippen LogP contribution is -2.22. The normalized spacial score (nSPS) is 27.8. The fraction of sp³-hybridized carbons (Fsp3) is 0.680. The van der Waals surface area contributed by atoms with Crippen molar-refractivity contribution in [1.82, 2.24) is 4.90 Å². The first-order valence-corrected chi connectivity index (χ1v) is 11.3. The number of allylic oxidation sites excluding steroid dienone is 2. The maximum absolute atomic E-state index is 10.6. The minimum absolute atomic E-state index is 0.184. The van der Waals surface area contributed by atoms with Crippen LogP contribution in [0.3, 0.4) is 0 Å². The summed E-state index contributed by atoms with van der Waals surface area (Å²) in [6.07, 6.45) is 11.7. The van der Waals surface area contributed by atoms with Gasteiger partial charge in [0.2, 0.25) is 0 Å². The van der Waals surface area contributed by atoms with Crippen LogP contribution >= 0.6 is 0 Å². The average Bonchev–Trinajstić information content (AvgIpc) is 3.16. The molecule has 0 radical (unpaired) electrons. The summed E-state index contributed by atoms with van der Waals surface area (Å²) in [6.45, 7) is 1.18. The molecule has 0 heterocycles. The molecule has 1 fully saturated rings. The van der Waals surface area contributed by atoms with E-state index in [1.165, 1.54) is 44.2 Å². The first-order chi connectivity index (χ1) is 13.5. The third-order valence-electron chi connectivity index (χ3n) is 6.81. The summed E-state index contributed by atoms with van der Waals surface area (Å²) in [4.78, 5) is 2.26. The van der Waals surface area contributed by atoms with Crippen molar-refractivity contribution < 1.29 is 10.2 Å². The standard InChI is InChI=1S/C25H39NO2/c1-26(2)14-8-4-7-11-20-15-21-18-25(28)23(24(21)17-20)13-12-22(27)16-19-9-5-3-6-10-19/h3,5-6,9-10,15,21-25,27-28H,4,7-8,11-14,16-18H2,1-2H3/t21-,22+,23+,24-,25+/m0/s1. The second-order valence-electron chi connectivity index (χ2n) is 9.36. The summed E-state index contributed by atoms with van der Waals surface area (Å²) in [6, 6.07) is 10.2. The maximum Gasteiger partial charge on any atom is 0.0580 e. The van der Waals surface area contributed by atoms with Crippen molar-refractivity contribution in [3.8, 4) is 0 Å². The van der Waals surface area contributed by atoms with Crippen LogP contribution in [0.1, 0.15) is 56.9 Å². The highest BCUT2D eigenvalue weighted by molar-refractivity contribution is 5.18. The molecule has 1 aromatic rings. The Morgan fingerprint density at radius 2 is 1.89 bits per heavy atom. The van der Waals surface area contributed by atoms with Gasteiger partial charge in [-0.05, 0) is 95.3 Å². The quantitative estimate of drug-likeness (QED) is 0.437. The molecule has 0 aromatic heterocycles. The predicted octanol–water partition coefficient (Wildman–Crippen LogP) is 4.44. The van der Waals surface area contributed by atoms with Crippen molar-refractivity contribution in [2.45, 2.75) is 70.0 Å². The van der Waals surface area contributed by atoms with E-state index in [0.717, 1.165) is 19.3 Å². The molecule has 2 N–H and O–H groups in total. The first kappa shape index (κ1) is 21.5. The Bertz CT molecular complexity index is 612. The first-order valence-electron chi connectivity index (χ1n) is 11.3. The van der Waals surface area contributed by atoms with Gasteiger partial charge in [0.1, 0.15) is 0 Å². The molecule has 3 rings (SSSR count). The molecule has 1 saturated carbocycles. The molecular formula is C25H39NO2. The SMILES string of the molecule is CN(C)CCCCCC1=C[C@H]2C[C@@H](O)[C@H](CC[C@@H](O)Cc3ccccc3)[C@H]2C1. The third-order valence-corrected chi connectivity index (χ3v) is 6.81. The van der Waals surface area contributed by atoms with Gasteiger partial charge in [-0.1, -0.05) is 48.4 Å². The Morgan fingerprint density at radius 3 is 2.64 bits per heavy atom. The molecule has 156 valence electrons. The second kappa shape index (κ2) is 10.6. The lowest BCUT2D eigenvalue weighted by molar-refractivity contribution is 0.0909. The van der Waals surface area contributed by atoms with Crippen LogP contribution in [0.5, 0.6) is 0 Å². The van der Waals surface area contributed by atoms with Crippen molar-refractivity contribution in [2.75, 3.05) is 20.6 Å². The predicted molar refractivity (Wildman–Crippen MR) is 116 cm³/mol. The van der Waals surface area contributed by atoms with E-state index in [-0.39, 0.29) is 12.2 Å². The van der Waals surface area contributed by atoms with Crippen molar-refractivity contribution in [1.29, 1.82) is 0 Å². The minimum Gasteiger partial charge on any atom is -0.393 e. The molecule has 1 aromatic carbocycles. The van der Waals surface area contributed by atoms with Crippen molar-refractivity contribution in [3.05, 3.63) is 47.5 Å². The lowest BCUT2D eigenvalue weighted by Gasteiger charge is -2.23. The van der Waals surface area contributed by atoms with Gasteiger partial charge in [-0.15, -0.1) is 0 Å². The zero-order valence-electron chi connectivity index (χ0n) is 17.8. The van der Waals surface area contributed by atoms with Crippen LogP contribution in [-0.2, 0) is 6.42 Å². The van der Waals surface area contributed by atoms with Gasteiger partial charge in [0.05, 0.1) is 12.2 Å². The molecule has 0 bridgehead atoms. The molecule has 0 aliphatic heterocycles. The monoisotopic (exact) mass is 385 g/mol. The summed E-state index contributed by atoms with van der Waals surface area (Å²) < 4.78 is 0. The largest absolute Gasteiger partial charge is 0.393 e. The van der Waals surface area contributed by atoms with E-state index < -0.39 is 0 Å². The number of nitrogens with zero attached hydrogens (tertiary/aromatic N) is 1. The van der Waals surface area contributed by atoms with Gasteiger partial charge in [0, 0.05) is 0 Å². The van der Waals surface area contributed by atoms with E-state index >= 15 is 0 Å². The van der Waals surface area contributed by atoms with Gasteiger partial charge in [-0.3, -0.25) is 0 Å². The number of hydrogen-bond acceptors (Lipinski definition) is 3.